The molecule has 1 aromatic heterocycles. The molecule has 0 aliphatic rings. The molecule has 2 atom stereocenters. The van der Waals surface area contributed by atoms with Gasteiger partial charge in [-0.25, -0.2) is 0 Å². The summed E-state index contributed by atoms with van der Waals surface area (Å²) in [6, 6.07) is 15.6. The highest BCUT2D eigenvalue weighted by molar-refractivity contribution is 5.93. The Morgan fingerprint density at radius 3 is 2.68 bits per heavy atom. The summed E-state index contributed by atoms with van der Waals surface area (Å²) in [4.78, 5) is 19.7. The van der Waals surface area contributed by atoms with E-state index in [1.54, 1.807) is 21.1 Å². The van der Waals surface area contributed by atoms with Gasteiger partial charge in [0.1, 0.15) is 0 Å². The van der Waals surface area contributed by atoms with Crippen LogP contribution in [0.5, 0.6) is 11.5 Å². The van der Waals surface area contributed by atoms with Gasteiger partial charge in [0.2, 0.25) is 0 Å². The second-order valence-electron chi connectivity index (χ2n) is 6.80. The molecular formula is C24H25N3O4. The van der Waals surface area contributed by atoms with Crippen molar-refractivity contribution in [2.45, 2.75) is 12.8 Å². The number of carbonyl (C=O) groups excluding carboxylic acids is 1. The summed E-state index contributed by atoms with van der Waals surface area (Å²) in [5.41, 5.74) is 2.94. The lowest BCUT2D eigenvalue weighted by molar-refractivity contribution is -0.143. The number of rotatable bonds is 9. The largest absolute Gasteiger partial charge is 0.493 e. The standard InChI is InChI=1S/C24H25N3O4/c1-4-31-24(28)16(12-25)13-26-14-19(18-9-7-11-22(29-2)23(18)30-3)20-15-27-21-10-6-5-8-17(20)21/h5-11,13,15-16,19,27H,4,14H2,1-3H3/t16-,19+/m1/s1. The first-order valence-electron chi connectivity index (χ1n) is 9.97. The van der Waals surface area contributed by atoms with Crippen LogP contribution in [0.4, 0.5) is 0 Å². The molecule has 0 amide bonds. The Bertz CT molecular complexity index is 1110. The molecule has 0 radical (unpaired) electrons. The van der Waals surface area contributed by atoms with E-state index in [0.717, 1.165) is 22.0 Å². The van der Waals surface area contributed by atoms with Gasteiger partial charge in [-0.2, -0.15) is 5.26 Å². The highest BCUT2D eigenvalue weighted by Crippen LogP contribution is 2.40. The molecule has 0 bridgehead atoms. The quantitative estimate of drug-likeness (QED) is 0.416. The fraction of sp³-hybridized carbons (Fsp3) is 0.292. The van der Waals surface area contributed by atoms with Crippen molar-refractivity contribution in [3.8, 4) is 17.6 Å². The molecule has 160 valence electrons. The average Bonchev–Trinajstić information content (AvgIpc) is 3.22. The Kier molecular flexibility index (Phi) is 7.28. The van der Waals surface area contributed by atoms with Gasteiger partial charge >= 0.3 is 5.97 Å². The predicted molar refractivity (Wildman–Crippen MR) is 119 cm³/mol. The number of aromatic nitrogens is 1. The van der Waals surface area contributed by atoms with Gasteiger partial charge in [-0.1, -0.05) is 30.3 Å². The van der Waals surface area contributed by atoms with Gasteiger partial charge in [0.15, 0.2) is 17.4 Å². The lowest BCUT2D eigenvalue weighted by atomic mass is 9.90. The van der Waals surface area contributed by atoms with Crippen LogP contribution in [0.25, 0.3) is 10.9 Å². The number of benzene rings is 2. The number of aromatic amines is 1. The number of fused-ring (bicyclic) bond motifs is 1. The van der Waals surface area contributed by atoms with E-state index >= 15 is 0 Å². The van der Waals surface area contributed by atoms with Gasteiger partial charge in [0.25, 0.3) is 0 Å². The third-order valence-corrected chi connectivity index (χ3v) is 5.03. The van der Waals surface area contributed by atoms with Crippen molar-refractivity contribution in [3.05, 3.63) is 59.8 Å². The number of aliphatic imine (C=N–C) groups is 1. The van der Waals surface area contributed by atoms with Gasteiger partial charge in [0.05, 0.1) is 26.9 Å². The fourth-order valence-corrected chi connectivity index (χ4v) is 3.58. The summed E-state index contributed by atoms with van der Waals surface area (Å²) in [6.07, 6.45) is 3.31. The number of methoxy groups -OCH3 is 2. The molecule has 0 saturated carbocycles. The van der Waals surface area contributed by atoms with Crippen molar-refractivity contribution >= 4 is 23.1 Å². The molecule has 0 unspecified atom stereocenters. The minimum absolute atomic E-state index is 0.195. The molecule has 0 aliphatic heterocycles. The number of hydrogen-bond acceptors (Lipinski definition) is 6. The van der Waals surface area contributed by atoms with Gasteiger partial charge in [-0.05, 0) is 24.6 Å². The fourth-order valence-electron chi connectivity index (χ4n) is 3.58. The lowest BCUT2D eigenvalue weighted by Crippen LogP contribution is -2.18. The summed E-state index contributed by atoms with van der Waals surface area (Å²) in [7, 11) is 3.20. The molecule has 0 saturated heterocycles. The summed E-state index contributed by atoms with van der Waals surface area (Å²) >= 11 is 0. The van der Waals surface area contributed by atoms with Crippen molar-refractivity contribution in [2.24, 2.45) is 10.9 Å². The van der Waals surface area contributed by atoms with Crippen molar-refractivity contribution in [1.29, 1.82) is 5.26 Å². The van der Waals surface area contributed by atoms with Crippen molar-refractivity contribution in [2.75, 3.05) is 27.4 Å². The molecule has 7 nitrogen and oxygen atoms in total. The predicted octanol–water partition coefficient (Wildman–Crippen LogP) is 4.09. The molecule has 3 aromatic rings. The first-order chi connectivity index (χ1) is 15.1. The highest BCUT2D eigenvalue weighted by atomic mass is 16.5. The molecule has 0 spiro atoms. The second kappa shape index (κ2) is 10.3. The van der Waals surface area contributed by atoms with Gasteiger partial charge in [-0.15, -0.1) is 0 Å². The van der Waals surface area contributed by atoms with Gasteiger partial charge in [-0.3, -0.25) is 9.79 Å². The molecule has 7 heteroatoms. The number of carbonyl (C=O) groups is 1. The van der Waals surface area contributed by atoms with Gasteiger partial charge < -0.3 is 19.2 Å². The van der Waals surface area contributed by atoms with Crippen molar-refractivity contribution in [3.63, 3.8) is 0 Å². The third-order valence-electron chi connectivity index (χ3n) is 5.03. The van der Waals surface area contributed by atoms with E-state index in [2.05, 4.69) is 9.98 Å². The Morgan fingerprint density at radius 1 is 1.16 bits per heavy atom. The Balaban J connectivity index is 2.03. The van der Waals surface area contributed by atoms with Crippen LogP contribution in [-0.4, -0.2) is 44.5 Å². The molecular weight excluding hydrogens is 394 g/mol. The highest BCUT2D eigenvalue weighted by Gasteiger charge is 2.24. The summed E-state index contributed by atoms with van der Waals surface area (Å²) < 4.78 is 16.1. The molecule has 3 rings (SSSR count). The summed E-state index contributed by atoms with van der Waals surface area (Å²) in [5.74, 6) is -0.598. The number of nitrogens with one attached hydrogen (secondary N) is 1. The van der Waals surface area contributed by atoms with Crippen LogP contribution in [-0.2, 0) is 9.53 Å². The molecule has 31 heavy (non-hydrogen) atoms. The second-order valence-corrected chi connectivity index (χ2v) is 6.80. The van der Waals surface area contributed by atoms with E-state index in [1.165, 1.54) is 6.21 Å². The van der Waals surface area contributed by atoms with Crippen molar-refractivity contribution in [1.82, 2.24) is 4.98 Å². The first kappa shape index (κ1) is 21.9. The van der Waals surface area contributed by atoms with Crippen LogP contribution in [0.2, 0.25) is 0 Å². The smallest absolute Gasteiger partial charge is 0.328 e. The Labute approximate surface area is 181 Å². The monoisotopic (exact) mass is 419 g/mol. The van der Waals surface area contributed by atoms with Crippen molar-refractivity contribution < 1.29 is 19.0 Å². The maximum absolute atomic E-state index is 11.9. The minimum atomic E-state index is -1.05. The first-order valence-corrected chi connectivity index (χ1v) is 9.97. The van der Waals surface area contributed by atoms with E-state index in [1.807, 2.05) is 54.7 Å². The average molecular weight is 419 g/mol. The number of hydrogen-bond donors (Lipinski definition) is 1. The number of H-pyrrole nitrogens is 1. The molecule has 0 aliphatic carbocycles. The summed E-state index contributed by atoms with van der Waals surface area (Å²) in [5, 5.41) is 10.4. The third kappa shape index (κ3) is 4.69. The number of nitriles is 1. The zero-order valence-corrected chi connectivity index (χ0v) is 17.8. The van der Waals surface area contributed by atoms with E-state index < -0.39 is 11.9 Å². The normalized spacial score (nSPS) is 13.0. The van der Waals surface area contributed by atoms with Crippen LogP contribution in [0.15, 0.2) is 53.7 Å². The SMILES string of the molecule is CCOC(=O)[C@H](C#N)C=NC[C@@H](c1cccc(OC)c1OC)c1c[nH]c2ccccc12. The molecule has 0 fully saturated rings. The van der Waals surface area contributed by atoms with Crippen LogP contribution in [0, 0.1) is 17.2 Å². The number of ether oxygens (including phenoxy) is 3. The molecule has 2 aromatic carbocycles. The Hall–Kier alpha value is -3.79. The van der Waals surface area contributed by atoms with E-state index in [4.69, 9.17) is 14.2 Å². The maximum atomic E-state index is 11.9. The molecule has 1 N–H and O–H groups in total. The van der Waals surface area contributed by atoms with E-state index in [0.29, 0.717) is 18.0 Å². The zero-order valence-electron chi connectivity index (χ0n) is 17.8. The van der Waals surface area contributed by atoms with E-state index in [9.17, 15) is 10.1 Å². The number of para-hydroxylation sites is 2. The molecule has 1 heterocycles. The van der Waals surface area contributed by atoms with Crippen LogP contribution in [0.1, 0.15) is 24.0 Å². The van der Waals surface area contributed by atoms with Crippen LogP contribution < -0.4 is 9.47 Å². The maximum Gasteiger partial charge on any atom is 0.328 e. The van der Waals surface area contributed by atoms with Crippen LogP contribution >= 0.6 is 0 Å². The topological polar surface area (TPSA) is 96.7 Å². The number of esters is 1. The van der Waals surface area contributed by atoms with Crippen LogP contribution in [0.3, 0.4) is 0 Å². The van der Waals surface area contributed by atoms with E-state index in [-0.39, 0.29) is 12.5 Å². The van der Waals surface area contributed by atoms with Gasteiger partial charge in [0, 0.05) is 41.3 Å². The lowest BCUT2D eigenvalue weighted by Gasteiger charge is -2.20. The zero-order chi connectivity index (χ0) is 22.2. The number of nitrogens with zero attached hydrogens (tertiary/aromatic N) is 2. The minimum Gasteiger partial charge on any atom is -0.493 e. The Morgan fingerprint density at radius 2 is 1.97 bits per heavy atom. The summed E-state index contributed by atoms with van der Waals surface area (Å²) in [6.45, 7) is 2.22.